The van der Waals surface area contributed by atoms with E-state index in [4.69, 9.17) is 0 Å². The molecule has 0 aromatic heterocycles. The van der Waals surface area contributed by atoms with Gasteiger partial charge < -0.3 is 4.90 Å². The van der Waals surface area contributed by atoms with Gasteiger partial charge in [0.2, 0.25) is 0 Å². The maximum Gasteiger partial charge on any atom is 0.280 e. The Morgan fingerprint density at radius 3 is 2.75 bits per heavy atom. The average Bonchev–Trinajstić information content (AvgIpc) is 2.28. The third-order valence-corrected chi connectivity index (χ3v) is 2.18. The first kappa shape index (κ1) is 11.9. The molecule has 0 atom stereocenters. The Bertz CT molecular complexity index is 429. The monoisotopic (exact) mass is 220 g/mol. The number of likely N-dealkylation sites (N-methyl/N-ethyl adjacent to an activating group) is 1. The van der Waals surface area contributed by atoms with Crippen LogP contribution >= 0.6 is 0 Å². The summed E-state index contributed by atoms with van der Waals surface area (Å²) in [4.78, 5) is 22.6. The van der Waals surface area contributed by atoms with Gasteiger partial charge in [0.15, 0.2) is 6.29 Å². The van der Waals surface area contributed by atoms with Crippen molar-refractivity contribution in [1.82, 2.24) is 0 Å². The number of nitrogens with zero attached hydrogens (tertiary/aromatic N) is 2. The number of benzene rings is 1. The Balaban J connectivity index is 3.13. The van der Waals surface area contributed by atoms with Gasteiger partial charge in [0.1, 0.15) is 0 Å². The van der Waals surface area contributed by atoms with Crippen molar-refractivity contribution in [2.24, 2.45) is 0 Å². The lowest BCUT2D eigenvalue weighted by Crippen LogP contribution is -2.16. The van der Waals surface area contributed by atoms with Crippen LogP contribution in [0.4, 0.5) is 11.4 Å². The lowest BCUT2D eigenvalue weighted by atomic mass is 10.1. The van der Waals surface area contributed by atoms with Gasteiger partial charge in [-0.25, -0.2) is 0 Å². The quantitative estimate of drug-likeness (QED) is 0.329. The molecule has 0 bridgehead atoms. The second kappa shape index (κ2) is 5.06. The second-order valence-corrected chi connectivity index (χ2v) is 3.29. The molecule has 0 saturated heterocycles. The van der Waals surface area contributed by atoms with Crippen molar-refractivity contribution < 1.29 is 9.72 Å². The minimum atomic E-state index is -0.568. The molecule has 0 amide bonds. The summed E-state index contributed by atoms with van der Waals surface area (Å²) in [6.07, 6.45) is 2.20. The van der Waals surface area contributed by atoms with Crippen LogP contribution in [0, 0.1) is 10.1 Å². The van der Waals surface area contributed by atoms with Crippen LogP contribution in [0.5, 0.6) is 0 Å². The van der Waals surface area contributed by atoms with Crippen LogP contribution in [0.15, 0.2) is 30.9 Å². The van der Waals surface area contributed by atoms with Crippen LogP contribution in [0.25, 0.3) is 0 Å². The highest BCUT2D eigenvalue weighted by atomic mass is 16.6. The first-order valence-corrected chi connectivity index (χ1v) is 4.65. The molecule has 0 radical (unpaired) electrons. The zero-order valence-corrected chi connectivity index (χ0v) is 8.92. The van der Waals surface area contributed by atoms with Gasteiger partial charge in [0, 0.05) is 25.3 Å². The molecule has 0 heterocycles. The number of nitro groups is 1. The molecule has 1 aromatic carbocycles. The zero-order chi connectivity index (χ0) is 12.1. The second-order valence-electron chi connectivity index (χ2n) is 3.29. The Kier molecular flexibility index (Phi) is 3.77. The molecule has 0 spiro atoms. The van der Waals surface area contributed by atoms with Gasteiger partial charge in [-0.05, 0) is 12.1 Å². The van der Waals surface area contributed by atoms with Crippen LogP contribution in [-0.2, 0) is 0 Å². The Morgan fingerprint density at radius 1 is 1.56 bits per heavy atom. The van der Waals surface area contributed by atoms with Crippen molar-refractivity contribution in [3.8, 4) is 0 Å². The summed E-state index contributed by atoms with van der Waals surface area (Å²) in [6.45, 7) is 4.20. The highest BCUT2D eigenvalue weighted by molar-refractivity contribution is 5.83. The number of nitro benzene ring substituents is 1. The summed E-state index contributed by atoms with van der Waals surface area (Å²) in [5.74, 6) is 0. The third-order valence-electron chi connectivity index (χ3n) is 2.18. The topological polar surface area (TPSA) is 63.4 Å². The number of carbonyl (C=O) groups excluding carboxylic acids is 1. The van der Waals surface area contributed by atoms with Crippen molar-refractivity contribution in [3.63, 3.8) is 0 Å². The highest BCUT2D eigenvalue weighted by Gasteiger charge is 2.14. The third kappa shape index (κ3) is 2.44. The van der Waals surface area contributed by atoms with Crippen molar-refractivity contribution in [1.29, 1.82) is 0 Å². The lowest BCUT2D eigenvalue weighted by Gasteiger charge is -2.17. The molecular weight excluding hydrogens is 208 g/mol. The van der Waals surface area contributed by atoms with E-state index in [1.165, 1.54) is 12.1 Å². The fourth-order valence-corrected chi connectivity index (χ4v) is 1.34. The zero-order valence-electron chi connectivity index (χ0n) is 8.92. The largest absolute Gasteiger partial charge is 0.371 e. The molecule has 16 heavy (non-hydrogen) atoms. The number of hydrogen-bond donors (Lipinski definition) is 0. The van der Waals surface area contributed by atoms with Crippen molar-refractivity contribution in [2.45, 2.75) is 0 Å². The van der Waals surface area contributed by atoms with Crippen molar-refractivity contribution >= 4 is 17.7 Å². The van der Waals surface area contributed by atoms with E-state index in [2.05, 4.69) is 6.58 Å². The summed E-state index contributed by atoms with van der Waals surface area (Å²) in [6, 6.07) is 4.43. The number of anilines is 1. The van der Waals surface area contributed by atoms with E-state index < -0.39 is 4.92 Å². The van der Waals surface area contributed by atoms with Crippen LogP contribution < -0.4 is 4.90 Å². The molecule has 0 N–H and O–H groups in total. The van der Waals surface area contributed by atoms with Gasteiger partial charge in [-0.3, -0.25) is 14.9 Å². The molecule has 0 aliphatic carbocycles. The molecule has 0 fully saturated rings. The summed E-state index contributed by atoms with van der Waals surface area (Å²) in [5, 5.41) is 10.6. The standard InChI is InChI=1S/C11H12N2O3/c1-3-6-12(2)10-4-5-11(13(15)16)9(7-10)8-14/h3-5,7-8H,1,6H2,2H3. The average molecular weight is 220 g/mol. The first-order chi connectivity index (χ1) is 7.60. The molecule has 0 aliphatic rings. The smallest absolute Gasteiger partial charge is 0.280 e. The molecule has 5 nitrogen and oxygen atoms in total. The number of aldehydes is 1. The number of carbonyl (C=O) groups is 1. The maximum atomic E-state index is 10.7. The van der Waals surface area contributed by atoms with Crippen molar-refractivity contribution in [2.75, 3.05) is 18.5 Å². The summed E-state index contributed by atoms with van der Waals surface area (Å²) in [5.41, 5.74) is 0.650. The fourth-order valence-electron chi connectivity index (χ4n) is 1.34. The predicted octanol–water partition coefficient (Wildman–Crippen LogP) is 2.03. The molecule has 1 rings (SSSR count). The van der Waals surface area contributed by atoms with E-state index in [9.17, 15) is 14.9 Å². The van der Waals surface area contributed by atoms with Gasteiger partial charge in [-0.1, -0.05) is 6.08 Å². The SMILES string of the molecule is C=CCN(C)c1ccc([N+](=O)[O-])c(C=O)c1. The molecular formula is C11H12N2O3. The fraction of sp³-hybridized carbons (Fsp3) is 0.182. The molecule has 84 valence electrons. The van der Waals surface area contributed by atoms with Crippen LogP contribution in [0.3, 0.4) is 0 Å². The summed E-state index contributed by atoms with van der Waals surface area (Å²) < 4.78 is 0. The normalized spacial score (nSPS) is 9.56. The van der Waals surface area contributed by atoms with Gasteiger partial charge >= 0.3 is 0 Å². The first-order valence-electron chi connectivity index (χ1n) is 4.65. The Morgan fingerprint density at radius 2 is 2.25 bits per heavy atom. The molecule has 1 aromatic rings. The molecule has 0 aliphatic heterocycles. The van der Waals surface area contributed by atoms with Crippen LogP contribution in [0.2, 0.25) is 0 Å². The summed E-state index contributed by atoms with van der Waals surface area (Å²) >= 11 is 0. The van der Waals surface area contributed by atoms with Gasteiger partial charge in [0.25, 0.3) is 5.69 Å². The highest BCUT2D eigenvalue weighted by Crippen LogP contribution is 2.22. The van der Waals surface area contributed by atoms with Gasteiger partial charge in [-0.2, -0.15) is 0 Å². The molecule has 0 saturated carbocycles. The van der Waals surface area contributed by atoms with E-state index in [0.29, 0.717) is 12.8 Å². The van der Waals surface area contributed by atoms with E-state index in [1.54, 1.807) is 12.1 Å². The maximum absolute atomic E-state index is 10.7. The number of hydrogen-bond acceptors (Lipinski definition) is 4. The lowest BCUT2D eigenvalue weighted by molar-refractivity contribution is -0.385. The summed E-state index contributed by atoms with van der Waals surface area (Å²) in [7, 11) is 1.82. The van der Waals surface area contributed by atoms with E-state index >= 15 is 0 Å². The molecule has 0 unspecified atom stereocenters. The van der Waals surface area contributed by atoms with Crippen LogP contribution in [-0.4, -0.2) is 24.8 Å². The minimum Gasteiger partial charge on any atom is -0.371 e. The minimum absolute atomic E-state index is 0.0819. The van der Waals surface area contributed by atoms with E-state index in [-0.39, 0.29) is 11.3 Å². The predicted molar refractivity (Wildman–Crippen MR) is 62.0 cm³/mol. The van der Waals surface area contributed by atoms with E-state index in [0.717, 1.165) is 5.69 Å². The van der Waals surface area contributed by atoms with Gasteiger partial charge in [0.05, 0.1) is 10.5 Å². The Labute approximate surface area is 93.1 Å². The van der Waals surface area contributed by atoms with Crippen LogP contribution in [0.1, 0.15) is 10.4 Å². The number of rotatable bonds is 5. The van der Waals surface area contributed by atoms with Gasteiger partial charge in [-0.15, -0.1) is 6.58 Å². The Hall–Kier alpha value is -2.17. The van der Waals surface area contributed by atoms with Crippen molar-refractivity contribution in [3.05, 3.63) is 46.5 Å². The van der Waals surface area contributed by atoms with E-state index in [1.807, 2.05) is 11.9 Å². The molecule has 5 heteroatoms.